The van der Waals surface area contributed by atoms with Gasteiger partial charge in [-0.3, -0.25) is 4.79 Å². The SMILES string of the molecule is CCOC(=O)c1ccc(N)c(NCCC(=O)NC2CC2)c1. The van der Waals surface area contributed by atoms with Gasteiger partial charge in [0.25, 0.3) is 0 Å². The number of nitrogens with one attached hydrogen (secondary N) is 2. The number of nitrogen functional groups attached to an aromatic ring is 1. The van der Waals surface area contributed by atoms with Crippen molar-refractivity contribution in [3.05, 3.63) is 23.8 Å². The van der Waals surface area contributed by atoms with Gasteiger partial charge in [-0.1, -0.05) is 0 Å². The van der Waals surface area contributed by atoms with Crippen molar-refractivity contribution >= 4 is 23.3 Å². The van der Waals surface area contributed by atoms with Gasteiger partial charge in [0, 0.05) is 19.0 Å². The van der Waals surface area contributed by atoms with E-state index in [1.54, 1.807) is 25.1 Å². The number of anilines is 2. The zero-order valence-electron chi connectivity index (χ0n) is 12.1. The molecule has 0 saturated heterocycles. The van der Waals surface area contributed by atoms with Gasteiger partial charge in [-0.25, -0.2) is 4.79 Å². The van der Waals surface area contributed by atoms with Crippen molar-refractivity contribution in [2.75, 3.05) is 24.2 Å². The monoisotopic (exact) mass is 291 g/mol. The zero-order valence-corrected chi connectivity index (χ0v) is 12.1. The van der Waals surface area contributed by atoms with E-state index in [2.05, 4.69) is 10.6 Å². The molecule has 1 aromatic carbocycles. The van der Waals surface area contributed by atoms with Gasteiger partial charge in [-0.05, 0) is 38.0 Å². The summed E-state index contributed by atoms with van der Waals surface area (Å²) in [5.41, 5.74) is 7.47. The molecule has 1 aromatic rings. The molecule has 1 saturated carbocycles. The minimum Gasteiger partial charge on any atom is -0.462 e. The summed E-state index contributed by atoms with van der Waals surface area (Å²) in [4.78, 5) is 23.2. The maximum absolute atomic E-state index is 11.7. The van der Waals surface area contributed by atoms with Crippen molar-refractivity contribution < 1.29 is 14.3 Å². The van der Waals surface area contributed by atoms with Gasteiger partial charge in [0.2, 0.25) is 5.91 Å². The highest BCUT2D eigenvalue weighted by Gasteiger charge is 2.22. The molecule has 0 atom stereocenters. The van der Waals surface area contributed by atoms with Crippen LogP contribution < -0.4 is 16.4 Å². The quantitative estimate of drug-likeness (QED) is 0.523. The van der Waals surface area contributed by atoms with Crippen LogP contribution in [0.1, 0.15) is 36.5 Å². The average Bonchev–Trinajstić information content (AvgIpc) is 3.25. The second-order valence-corrected chi connectivity index (χ2v) is 5.04. The summed E-state index contributed by atoms with van der Waals surface area (Å²) < 4.78 is 4.94. The van der Waals surface area contributed by atoms with E-state index in [-0.39, 0.29) is 11.9 Å². The first-order valence-corrected chi connectivity index (χ1v) is 7.20. The number of carbonyl (C=O) groups is 2. The summed E-state index contributed by atoms with van der Waals surface area (Å²) >= 11 is 0. The summed E-state index contributed by atoms with van der Waals surface area (Å²) in [6.07, 6.45) is 2.53. The fourth-order valence-corrected chi connectivity index (χ4v) is 1.89. The predicted molar refractivity (Wildman–Crippen MR) is 81.1 cm³/mol. The third-order valence-electron chi connectivity index (χ3n) is 3.17. The lowest BCUT2D eigenvalue weighted by Crippen LogP contribution is -2.27. The largest absolute Gasteiger partial charge is 0.462 e. The van der Waals surface area contributed by atoms with Crippen LogP contribution in [-0.4, -0.2) is 31.1 Å². The van der Waals surface area contributed by atoms with Crippen molar-refractivity contribution in [1.29, 1.82) is 0 Å². The second kappa shape index (κ2) is 6.97. The van der Waals surface area contributed by atoms with E-state index >= 15 is 0 Å². The molecule has 1 aliphatic rings. The fraction of sp³-hybridized carbons (Fsp3) is 0.467. The van der Waals surface area contributed by atoms with Gasteiger partial charge in [0.05, 0.1) is 23.5 Å². The Morgan fingerprint density at radius 1 is 1.38 bits per heavy atom. The first-order chi connectivity index (χ1) is 10.1. The Hall–Kier alpha value is -2.24. The standard InChI is InChI=1S/C15H21N3O3/c1-2-21-15(20)10-3-6-12(16)13(9-10)17-8-7-14(19)18-11-4-5-11/h3,6,9,11,17H,2,4-5,7-8,16H2,1H3,(H,18,19). The maximum atomic E-state index is 11.7. The Morgan fingerprint density at radius 3 is 2.81 bits per heavy atom. The van der Waals surface area contributed by atoms with Crippen molar-refractivity contribution in [2.24, 2.45) is 0 Å². The first-order valence-electron chi connectivity index (χ1n) is 7.20. The predicted octanol–water partition coefficient (Wildman–Crippen LogP) is 1.53. The van der Waals surface area contributed by atoms with Crippen molar-refractivity contribution in [2.45, 2.75) is 32.2 Å². The van der Waals surface area contributed by atoms with E-state index in [1.807, 2.05) is 0 Å². The molecule has 0 bridgehead atoms. The van der Waals surface area contributed by atoms with E-state index in [4.69, 9.17) is 10.5 Å². The highest BCUT2D eigenvalue weighted by Crippen LogP contribution is 2.21. The molecule has 6 nitrogen and oxygen atoms in total. The van der Waals surface area contributed by atoms with Crippen LogP contribution in [0.5, 0.6) is 0 Å². The van der Waals surface area contributed by atoms with Crippen LogP contribution in [0.15, 0.2) is 18.2 Å². The number of esters is 1. The molecule has 1 fully saturated rings. The van der Waals surface area contributed by atoms with Gasteiger partial charge in [-0.2, -0.15) is 0 Å². The number of hydrogen-bond acceptors (Lipinski definition) is 5. The summed E-state index contributed by atoms with van der Waals surface area (Å²) in [5, 5.41) is 6.00. The molecule has 4 N–H and O–H groups in total. The van der Waals surface area contributed by atoms with E-state index in [0.29, 0.717) is 42.6 Å². The smallest absolute Gasteiger partial charge is 0.338 e. The van der Waals surface area contributed by atoms with Crippen LogP contribution in [-0.2, 0) is 9.53 Å². The lowest BCUT2D eigenvalue weighted by molar-refractivity contribution is -0.120. The number of benzene rings is 1. The molecule has 0 aromatic heterocycles. The molecule has 1 aliphatic carbocycles. The fourth-order valence-electron chi connectivity index (χ4n) is 1.89. The number of carbonyl (C=O) groups excluding carboxylic acids is 2. The minimum atomic E-state index is -0.382. The molecule has 2 rings (SSSR count). The summed E-state index contributed by atoms with van der Waals surface area (Å²) in [5.74, 6) is -0.350. The molecule has 0 radical (unpaired) electrons. The Kier molecular flexibility index (Phi) is 5.03. The highest BCUT2D eigenvalue weighted by atomic mass is 16.5. The van der Waals surface area contributed by atoms with Crippen molar-refractivity contribution in [3.63, 3.8) is 0 Å². The van der Waals surface area contributed by atoms with Crippen LogP contribution in [0.3, 0.4) is 0 Å². The van der Waals surface area contributed by atoms with Crippen LogP contribution in [0.25, 0.3) is 0 Å². The minimum absolute atomic E-state index is 0.0325. The normalized spacial score (nSPS) is 13.6. The van der Waals surface area contributed by atoms with Crippen LogP contribution >= 0.6 is 0 Å². The topological polar surface area (TPSA) is 93.4 Å². The molecular weight excluding hydrogens is 270 g/mol. The first kappa shape index (κ1) is 15.2. The molecule has 0 aliphatic heterocycles. The maximum Gasteiger partial charge on any atom is 0.338 e. The van der Waals surface area contributed by atoms with Gasteiger partial charge in [-0.15, -0.1) is 0 Å². The Morgan fingerprint density at radius 2 is 2.14 bits per heavy atom. The number of nitrogens with two attached hydrogens (primary N) is 1. The molecule has 114 valence electrons. The average molecular weight is 291 g/mol. The molecule has 0 heterocycles. The number of hydrogen-bond donors (Lipinski definition) is 3. The van der Waals surface area contributed by atoms with Gasteiger partial charge in [0.1, 0.15) is 0 Å². The molecule has 1 amide bonds. The molecular formula is C15H21N3O3. The summed E-state index contributed by atoms with van der Waals surface area (Å²) in [6.45, 7) is 2.55. The lowest BCUT2D eigenvalue weighted by atomic mass is 10.1. The third-order valence-corrected chi connectivity index (χ3v) is 3.17. The van der Waals surface area contributed by atoms with Gasteiger partial charge in [0.15, 0.2) is 0 Å². The number of amides is 1. The molecule has 0 spiro atoms. The highest BCUT2D eigenvalue weighted by molar-refractivity contribution is 5.92. The van der Waals surface area contributed by atoms with Gasteiger partial charge >= 0.3 is 5.97 Å². The second-order valence-electron chi connectivity index (χ2n) is 5.04. The van der Waals surface area contributed by atoms with Crippen LogP contribution in [0.4, 0.5) is 11.4 Å². The molecule has 0 unspecified atom stereocenters. The van der Waals surface area contributed by atoms with E-state index < -0.39 is 0 Å². The Bertz CT molecular complexity index is 527. The van der Waals surface area contributed by atoms with Crippen LogP contribution in [0.2, 0.25) is 0 Å². The summed E-state index contributed by atoms with van der Waals surface area (Å²) in [6, 6.07) is 5.29. The van der Waals surface area contributed by atoms with Gasteiger partial charge < -0.3 is 21.1 Å². The number of ether oxygens (including phenoxy) is 1. The number of rotatable bonds is 7. The lowest BCUT2D eigenvalue weighted by Gasteiger charge is -2.11. The van der Waals surface area contributed by atoms with E-state index in [1.165, 1.54) is 0 Å². The molecule has 6 heteroatoms. The van der Waals surface area contributed by atoms with E-state index in [0.717, 1.165) is 12.8 Å². The molecule has 21 heavy (non-hydrogen) atoms. The summed E-state index contributed by atoms with van der Waals surface area (Å²) in [7, 11) is 0. The van der Waals surface area contributed by atoms with E-state index in [9.17, 15) is 9.59 Å². The van der Waals surface area contributed by atoms with Crippen LogP contribution in [0, 0.1) is 0 Å². The zero-order chi connectivity index (χ0) is 15.2. The third kappa shape index (κ3) is 4.66. The van der Waals surface area contributed by atoms with Crippen molar-refractivity contribution in [1.82, 2.24) is 5.32 Å². The Balaban J connectivity index is 1.87. The Labute approximate surface area is 124 Å². The van der Waals surface area contributed by atoms with Crippen molar-refractivity contribution in [3.8, 4) is 0 Å².